The second kappa shape index (κ2) is 6.68. The highest BCUT2D eigenvalue weighted by molar-refractivity contribution is 5.35. The summed E-state index contributed by atoms with van der Waals surface area (Å²) in [5.41, 5.74) is 2.95. The molecule has 0 fully saturated rings. The van der Waals surface area contributed by atoms with Gasteiger partial charge in [0.05, 0.1) is 11.1 Å². The summed E-state index contributed by atoms with van der Waals surface area (Å²) in [6.45, 7) is 1.94. The van der Waals surface area contributed by atoms with Crippen LogP contribution in [0.15, 0.2) is 18.2 Å². The summed E-state index contributed by atoms with van der Waals surface area (Å²) in [5.74, 6) is 0. The molecule has 0 spiro atoms. The van der Waals surface area contributed by atoms with Crippen LogP contribution >= 0.6 is 0 Å². The van der Waals surface area contributed by atoms with Crippen LogP contribution in [0.5, 0.6) is 0 Å². The van der Waals surface area contributed by atoms with Gasteiger partial charge in [-0.1, -0.05) is 26.2 Å². The zero-order valence-corrected chi connectivity index (χ0v) is 11.5. The van der Waals surface area contributed by atoms with Crippen LogP contribution in [0.3, 0.4) is 0 Å². The molecule has 1 atom stereocenters. The minimum Gasteiger partial charge on any atom is -0.324 e. The van der Waals surface area contributed by atoms with Gasteiger partial charge in [0.2, 0.25) is 0 Å². The maximum absolute atomic E-state index is 12.7. The van der Waals surface area contributed by atoms with Crippen molar-refractivity contribution in [1.82, 2.24) is 0 Å². The average molecular weight is 313 g/mol. The normalized spacial score (nSPS) is 14.3. The monoisotopic (exact) mass is 313 g/mol. The fourth-order valence-electron chi connectivity index (χ4n) is 1.97. The largest absolute Gasteiger partial charge is 0.416 e. The van der Waals surface area contributed by atoms with Crippen LogP contribution in [0.2, 0.25) is 0 Å². The van der Waals surface area contributed by atoms with Crippen molar-refractivity contribution in [3.05, 3.63) is 34.9 Å². The van der Waals surface area contributed by atoms with E-state index in [9.17, 15) is 26.3 Å². The minimum absolute atomic E-state index is 0.113. The van der Waals surface area contributed by atoms with E-state index in [1.165, 1.54) is 0 Å². The van der Waals surface area contributed by atoms with Crippen LogP contribution in [-0.2, 0) is 12.4 Å². The van der Waals surface area contributed by atoms with E-state index < -0.39 is 29.5 Å². The summed E-state index contributed by atoms with van der Waals surface area (Å²) in [6, 6.07) is 0.680. The number of unbranched alkanes of at least 4 members (excludes halogenated alkanes) is 2. The van der Waals surface area contributed by atoms with Crippen LogP contribution in [0.25, 0.3) is 0 Å². The Morgan fingerprint density at radius 1 is 0.905 bits per heavy atom. The predicted molar refractivity (Wildman–Crippen MR) is 67.5 cm³/mol. The molecule has 1 aromatic rings. The summed E-state index contributed by atoms with van der Waals surface area (Å²) in [4.78, 5) is 0. The Morgan fingerprint density at radius 2 is 1.38 bits per heavy atom. The molecule has 0 aromatic heterocycles. The number of hydrogen-bond donors (Lipinski definition) is 1. The molecule has 0 unspecified atom stereocenters. The van der Waals surface area contributed by atoms with Crippen LogP contribution in [-0.4, -0.2) is 0 Å². The van der Waals surface area contributed by atoms with Crippen molar-refractivity contribution < 1.29 is 26.3 Å². The number of alkyl halides is 6. The summed E-state index contributed by atoms with van der Waals surface area (Å²) < 4.78 is 76.2. The van der Waals surface area contributed by atoms with Crippen LogP contribution in [0.4, 0.5) is 26.3 Å². The lowest BCUT2D eigenvalue weighted by atomic mass is 9.96. The molecule has 0 saturated heterocycles. The van der Waals surface area contributed by atoms with Crippen molar-refractivity contribution in [3.63, 3.8) is 0 Å². The highest BCUT2D eigenvalue weighted by Crippen LogP contribution is 2.37. The number of benzene rings is 1. The van der Waals surface area contributed by atoms with E-state index in [1.54, 1.807) is 0 Å². The van der Waals surface area contributed by atoms with Crippen LogP contribution in [0.1, 0.15) is 55.3 Å². The molecule has 1 nitrogen and oxygen atoms in total. The molecule has 21 heavy (non-hydrogen) atoms. The summed E-state index contributed by atoms with van der Waals surface area (Å²) in [7, 11) is 0. The molecular formula is C14H17F6N. The van der Waals surface area contributed by atoms with Crippen molar-refractivity contribution in [2.24, 2.45) is 5.73 Å². The fraction of sp³-hybridized carbons (Fsp3) is 0.571. The molecule has 0 radical (unpaired) electrons. The maximum Gasteiger partial charge on any atom is 0.416 e. The second-order valence-electron chi connectivity index (χ2n) is 4.94. The lowest BCUT2D eigenvalue weighted by molar-refractivity contribution is -0.143. The smallest absolute Gasteiger partial charge is 0.324 e. The van der Waals surface area contributed by atoms with E-state index in [2.05, 4.69) is 0 Å². The van der Waals surface area contributed by atoms with Gasteiger partial charge in [0.15, 0.2) is 0 Å². The van der Waals surface area contributed by atoms with E-state index in [0.29, 0.717) is 25.0 Å². The molecule has 0 bridgehead atoms. The van der Waals surface area contributed by atoms with E-state index >= 15 is 0 Å². The van der Waals surface area contributed by atoms with Gasteiger partial charge in [-0.3, -0.25) is 0 Å². The Hall–Kier alpha value is -1.24. The quantitative estimate of drug-likeness (QED) is 0.579. The molecule has 1 rings (SSSR count). The van der Waals surface area contributed by atoms with Crippen LogP contribution < -0.4 is 5.73 Å². The van der Waals surface area contributed by atoms with Gasteiger partial charge >= 0.3 is 12.4 Å². The Kier molecular flexibility index (Phi) is 5.67. The highest BCUT2D eigenvalue weighted by Gasteiger charge is 2.37. The molecule has 0 aliphatic rings. The molecular weight excluding hydrogens is 296 g/mol. The van der Waals surface area contributed by atoms with Gasteiger partial charge in [-0.15, -0.1) is 0 Å². The molecule has 0 heterocycles. The SMILES string of the molecule is CCCCC[C@H](N)c1cc(C(F)(F)F)cc(C(F)(F)F)c1. The summed E-state index contributed by atoms with van der Waals surface area (Å²) >= 11 is 0. The first-order chi connectivity index (χ1) is 9.55. The van der Waals surface area contributed by atoms with Gasteiger partial charge in [0.1, 0.15) is 0 Å². The molecule has 1 aromatic carbocycles. The number of hydrogen-bond acceptors (Lipinski definition) is 1. The molecule has 7 heteroatoms. The first kappa shape index (κ1) is 17.8. The summed E-state index contributed by atoms with van der Waals surface area (Å²) in [5, 5.41) is 0. The maximum atomic E-state index is 12.7. The molecule has 2 N–H and O–H groups in total. The van der Waals surface area contributed by atoms with Gasteiger partial charge in [0, 0.05) is 6.04 Å². The first-order valence-electron chi connectivity index (χ1n) is 6.60. The Balaban J connectivity index is 3.13. The van der Waals surface area contributed by atoms with Gasteiger partial charge in [-0.05, 0) is 30.2 Å². The van der Waals surface area contributed by atoms with E-state index in [-0.39, 0.29) is 11.6 Å². The zero-order chi connectivity index (χ0) is 16.3. The van der Waals surface area contributed by atoms with Gasteiger partial charge in [0.25, 0.3) is 0 Å². The standard InChI is InChI=1S/C14H17F6N/c1-2-3-4-5-12(21)9-6-10(13(15,16)17)8-11(7-9)14(18,19)20/h6-8,12H,2-5,21H2,1H3/t12-/m0/s1. The van der Waals surface area contributed by atoms with Crippen molar-refractivity contribution >= 4 is 0 Å². The van der Waals surface area contributed by atoms with Crippen molar-refractivity contribution in [2.45, 2.75) is 51.0 Å². The summed E-state index contributed by atoms with van der Waals surface area (Å²) in [6.07, 6.45) is -6.93. The molecule has 0 aliphatic carbocycles. The third-order valence-electron chi connectivity index (χ3n) is 3.16. The van der Waals surface area contributed by atoms with Crippen molar-refractivity contribution in [2.75, 3.05) is 0 Å². The fourth-order valence-corrected chi connectivity index (χ4v) is 1.97. The Labute approximate surface area is 119 Å². The number of halogens is 6. The predicted octanol–water partition coefficient (Wildman–Crippen LogP) is 5.30. The number of rotatable bonds is 5. The van der Waals surface area contributed by atoms with E-state index in [4.69, 9.17) is 5.73 Å². The molecule has 0 amide bonds. The minimum atomic E-state index is -4.83. The Bertz CT molecular complexity index is 431. The van der Waals surface area contributed by atoms with E-state index in [1.807, 2.05) is 6.92 Å². The lowest BCUT2D eigenvalue weighted by Crippen LogP contribution is -2.16. The first-order valence-corrected chi connectivity index (χ1v) is 6.60. The van der Waals surface area contributed by atoms with Crippen molar-refractivity contribution in [3.8, 4) is 0 Å². The number of nitrogens with two attached hydrogens (primary N) is 1. The molecule has 0 aliphatic heterocycles. The second-order valence-corrected chi connectivity index (χ2v) is 4.94. The third kappa shape index (κ3) is 5.22. The van der Waals surface area contributed by atoms with Gasteiger partial charge in [-0.25, -0.2) is 0 Å². The Morgan fingerprint density at radius 3 is 1.76 bits per heavy atom. The topological polar surface area (TPSA) is 26.0 Å². The highest BCUT2D eigenvalue weighted by atomic mass is 19.4. The van der Waals surface area contributed by atoms with Crippen molar-refractivity contribution in [1.29, 1.82) is 0 Å². The zero-order valence-electron chi connectivity index (χ0n) is 11.5. The molecule has 120 valence electrons. The molecule has 0 saturated carbocycles. The van der Waals surface area contributed by atoms with E-state index in [0.717, 1.165) is 12.8 Å². The van der Waals surface area contributed by atoms with Crippen LogP contribution in [0, 0.1) is 0 Å². The van der Waals surface area contributed by atoms with Gasteiger partial charge in [-0.2, -0.15) is 26.3 Å². The third-order valence-corrected chi connectivity index (χ3v) is 3.16. The average Bonchev–Trinajstić information content (AvgIpc) is 2.36. The van der Waals surface area contributed by atoms with Gasteiger partial charge < -0.3 is 5.73 Å². The lowest BCUT2D eigenvalue weighted by Gasteiger charge is -2.18.